The lowest BCUT2D eigenvalue weighted by Gasteiger charge is -2.13. The molecule has 0 aliphatic carbocycles. The fraction of sp³-hybridized carbons (Fsp3) is 0.182. The van der Waals surface area contributed by atoms with E-state index in [0.717, 1.165) is 11.3 Å². The zero-order valence-corrected chi connectivity index (χ0v) is 17.0. The number of benzene rings is 2. The molecule has 30 heavy (non-hydrogen) atoms. The number of nitrogens with zero attached hydrogens (tertiary/aromatic N) is 2. The average molecular weight is 422 g/mol. The molecule has 0 saturated carbocycles. The lowest BCUT2D eigenvalue weighted by molar-refractivity contribution is 0.0477. The third-order valence-corrected chi connectivity index (χ3v) is 5.58. The molecule has 0 fully saturated rings. The van der Waals surface area contributed by atoms with Gasteiger partial charge in [0.25, 0.3) is 11.8 Å². The van der Waals surface area contributed by atoms with Crippen LogP contribution in [0.5, 0.6) is 5.75 Å². The van der Waals surface area contributed by atoms with E-state index in [-0.39, 0.29) is 30.7 Å². The van der Waals surface area contributed by atoms with Crippen LogP contribution in [0, 0.1) is 0 Å². The van der Waals surface area contributed by atoms with Crippen molar-refractivity contribution < 1.29 is 23.9 Å². The first-order valence-electron chi connectivity index (χ1n) is 9.31. The molecule has 0 unspecified atom stereocenters. The second-order valence-electron chi connectivity index (χ2n) is 6.56. The summed E-state index contributed by atoms with van der Waals surface area (Å²) in [6.45, 7) is 0.273. The molecule has 152 valence electrons. The molecule has 0 radical (unpaired) electrons. The van der Waals surface area contributed by atoms with E-state index in [1.807, 2.05) is 24.3 Å². The van der Waals surface area contributed by atoms with Crippen molar-refractivity contribution in [3.63, 3.8) is 0 Å². The summed E-state index contributed by atoms with van der Waals surface area (Å²) in [6.07, 6.45) is 0.354. The van der Waals surface area contributed by atoms with Crippen molar-refractivity contribution in [1.82, 2.24) is 9.88 Å². The van der Waals surface area contributed by atoms with Crippen molar-refractivity contribution >= 4 is 29.1 Å². The van der Waals surface area contributed by atoms with Gasteiger partial charge in [0.1, 0.15) is 10.8 Å². The van der Waals surface area contributed by atoms with E-state index in [2.05, 4.69) is 4.98 Å². The van der Waals surface area contributed by atoms with Gasteiger partial charge in [-0.15, -0.1) is 11.3 Å². The highest BCUT2D eigenvalue weighted by Crippen LogP contribution is 2.26. The van der Waals surface area contributed by atoms with Gasteiger partial charge in [0.05, 0.1) is 24.8 Å². The van der Waals surface area contributed by atoms with Crippen LogP contribution in [-0.4, -0.2) is 47.9 Å². The van der Waals surface area contributed by atoms with E-state index in [4.69, 9.17) is 9.47 Å². The standard InChI is InChI=1S/C22H18N2O5S/c1-28-15-9-7-14(8-10-15)19-23-18(13-30-19)22(27)29-12-4-11-24-20(25)16-5-2-3-6-17(16)21(24)26/h2-3,5-10,13H,4,11-12H2,1H3. The lowest BCUT2D eigenvalue weighted by Crippen LogP contribution is -2.31. The summed E-state index contributed by atoms with van der Waals surface area (Å²) >= 11 is 1.35. The summed E-state index contributed by atoms with van der Waals surface area (Å²) in [5.74, 6) is -0.419. The van der Waals surface area contributed by atoms with Crippen molar-refractivity contribution in [2.24, 2.45) is 0 Å². The zero-order chi connectivity index (χ0) is 21.1. The molecule has 3 aromatic rings. The SMILES string of the molecule is COc1ccc(-c2nc(C(=O)OCCCN3C(=O)c4ccccc4C3=O)cs2)cc1. The third-order valence-electron chi connectivity index (χ3n) is 4.69. The minimum atomic E-state index is -0.534. The van der Waals surface area contributed by atoms with Crippen LogP contribution in [0.4, 0.5) is 0 Å². The fourth-order valence-electron chi connectivity index (χ4n) is 3.14. The van der Waals surface area contributed by atoms with Gasteiger partial charge in [0, 0.05) is 17.5 Å². The van der Waals surface area contributed by atoms with Gasteiger partial charge in [-0.25, -0.2) is 9.78 Å². The Labute approximate surface area is 176 Å². The number of thiazole rings is 1. The predicted octanol–water partition coefficient (Wildman–Crippen LogP) is 3.66. The van der Waals surface area contributed by atoms with Crippen LogP contribution in [0.2, 0.25) is 0 Å². The molecule has 1 aromatic heterocycles. The smallest absolute Gasteiger partial charge is 0.357 e. The molecule has 0 atom stereocenters. The van der Waals surface area contributed by atoms with Crippen molar-refractivity contribution in [2.75, 3.05) is 20.3 Å². The van der Waals surface area contributed by atoms with Gasteiger partial charge in [0.15, 0.2) is 5.69 Å². The topological polar surface area (TPSA) is 85.8 Å². The average Bonchev–Trinajstić information content (AvgIpc) is 3.36. The molecule has 2 heterocycles. The minimum Gasteiger partial charge on any atom is -0.497 e. The molecule has 2 amide bonds. The van der Waals surface area contributed by atoms with Gasteiger partial charge in [-0.05, 0) is 42.8 Å². The Morgan fingerprint density at radius 2 is 1.70 bits per heavy atom. The van der Waals surface area contributed by atoms with Crippen molar-refractivity contribution in [3.05, 3.63) is 70.7 Å². The molecule has 0 spiro atoms. The van der Waals surface area contributed by atoms with Gasteiger partial charge in [0.2, 0.25) is 0 Å². The molecule has 8 heteroatoms. The molecule has 1 aliphatic rings. The van der Waals surface area contributed by atoms with Crippen LogP contribution in [-0.2, 0) is 4.74 Å². The molecule has 7 nitrogen and oxygen atoms in total. The molecule has 0 N–H and O–H groups in total. The van der Waals surface area contributed by atoms with Crippen molar-refractivity contribution in [3.8, 4) is 16.3 Å². The van der Waals surface area contributed by atoms with Crippen LogP contribution in [0.15, 0.2) is 53.9 Å². The maximum Gasteiger partial charge on any atom is 0.357 e. The zero-order valence-electron chi connectivity index (χ0n) is 16.2. The van der Waals surface area contributed by atoms with Gasteiger partial charge >= 0.3 is 5.97 Å². The van der Waals surface area contributed by atoms with E-state index in [0.29, 0.717) is 22.6 Å². The minimum absolute atomic E-state index is 0.0850. The van der Waals surface area contributed by atoms with E-state index in [9.17, 15) is 14.4 Å². The number of hydrogen-bond acceptors (Lipinski definition) is 7. The Balaban J connectivity index is 1.29. The van der Waals surface area contributed by atoms with E-state index >= 15 is 0 Å². The van der Waals surface area contributed by atoms with Gasteiger partial charge in [-0.1, -0.05) is 12.1 Å². The number of imide groups is 1. The highest BCUT2D eigenvalue weighted by molar-refractivity contribution is 7.13. The summed E-state index contributed by atoms with van der Waals surface area (Å²) in [5.41, 5.74) is 1.93. The van der Waals surface area contributed by atoms with Crippen molar-refractivity contribution in [1.29, 1.82) is 0 Å². The van der Waals surface area contributed by atoms with Gasteiger partial charge < -0.3 is 9.47 Å². The highest BCUT2D eigenvalue weighted by Gasteiger charge is 2.34. The summed E-state index contributed by atoms with van der Waals surface area (Å²) in [5, 5.41) is 2.35. The predicted molar refractivity (Wildman–Crippen MR) is 111 cm³/mol. The molecule has 4 rings (SSSR count). The first-order chi connectivity index (χ1) is 14.6. The van der Waals surface area contributed by atoms with Gasteiger partial charge in [-0.3, -0.25) is 14.5 Å². The van der Waals surface area contributed by atoms with Crippen LogP contribution >= 0.6 is 11.3 Å². The van der Waals surface area contributed by atoms with Crippen LogP contribution < -0.4 is 4.74 Å². The number of aromatic nitrogens is 1. The summed E-state index contributed by atoms with van der Waals surface area (Å²) in [7, 11) is 1.60. The lowest BCUT2D eigenvalue weighted by atomic mass is 10.1. The Morgan fingerprint density at radius 3 is 2.33 bits per heavy atom. The van der Waals surface area contributed by atoms with Crippen LogP contribution in [0.1, 0.15) is 37.6 Å². The van der Waals surface area contributed by atoms with Crippen LogP contribution in [0.25, 0.3) is 10.6 Å². The Kier molecular flexibility index (Phi) is 5.58. The molecular weight excluding hydrogens is 404 g/mol. The number of methoxy groups -OCH3 is 1. The second-order valence-corrected chi connectivity index (χ2v) is 7.42. The Morgan fingerprint density at radius 1 is 1.03 bits per heavy atom. The molecule has 0 bridgehead atoms. The fourth-order valence-corrected chi connectivity index (χ4v) is 3.93. The van der Waals surface area contributed by atoms with Crippen LogP contribution in [0.3, 0.4) is 0 Å². The number of carbonyl (C=O) groups is 3. The summed E-state index contributed by atoms with van der Waals surface area (Å²) in [6, 6.07) is 14.1. The van der Waals surface area contributed by atoms with E-state index in [1.54, 1.807) is 36.8 Å². The molecule has 2 aromatic carbocycles. The van der Waals surface area contributed by atoms with Gasteiger partial charge in [-0.2, -0.15) is 0 Å². The summed E-state index contributed by atoms with van der Waals surface area (Å²) < 4.78 is 10.4. The second kappa shape index (κ2) is 8.46. The molecular formula is C22H18N2O5S. The largest absolute Gasteiger partial charge is 0.497 e. The first-order valence-corrected chi connectivity index (χ1v) is 10.2. The highest BCUT2D eigenvalue weighted by atomic mass is 32.1. The molecule has 0 saturated heterocycles. The third kappa shape index (κ3) is 3.81. The number of ether oxygens (including phenoxy) is 2. The number of fused-ring (bicyclic) bond motifs is 1. The maximum atomic E-state index is 12.3. The maximum absolute atomic E-state index is 12.3. The number of esters is 1. The summed E-state index contributed by atoms with van der Waals surface area (Å²) in [4.78, 5) is 42.4. The number of hydrogen-bond donors (Lipinski definition) is 0. The molecule has 1 aliphatic heterocycles. The quantitative estimate of drug-likeness (QED) is 0.328. The first kappa shape index (κ1) is 19.8. The Hall–Kier alpha value is -3.52. The van der Waals surface area contributed by atoms with Crippen molar-refractivity contribution in [2.45, 2.75) is 6.42 Å². The Bertz CT molecular complexity index is 1070. The number of rotatable bonds is 7. The monoisotopic (exact) mass is 422 g/mol. The normalized spacial score (nSPS) is 12.8. The van der Waals surface area contributed by atoms with E-state index in [1.165, 1.54) is 16.2 Å². The number of amides is 2. The number of carbonyl (C=O) groups excluding carboxylic acids is 3. The van der Waals surface area contributed by atoms with E-state index < -0.39 is 5.97 Å².